The molecular formula is C41H72O5Si2. The SMILES string of the molecule is C=C1C(=CC=C2CCC[C@]3(C)C([C@H](C)OCCCC(=O)OC(C)(C)C)=CC[C@@H]23)C[C@@H](O[Si](C)(C)C(C)(C)C)C[C@@H]1O[Si](C)(C)C(C)(C)C. The minimum Gasteiger partial charge on any atom is -0.460 e. The number of rotatable bonds is 11. The Labute approximate surface area is 297 Å². The quantitative estimate of drug-likeness (QED) is 0.0929. The van der Waals surface area contributed by atoms with Crippen LogP contribution in [-0.4, -0.2) is 53.1 Å². The van der Waals surface area contributed by atoms with Crippen molar-refractivity contribution in [2.75, 3.05) is 6.61 Å². The lowest BCUT2D eigenvalue weighted by Crippen LogP contribution is -2.49. The topological polar surface area (TPSA) is 54.0 Å². The molecule has 0 bridgehead atoms. The van der Waals surface area contributed by atoms with Crippen molar-refractivity contribution >= 4 is 22.6 Å². The van der Waals surface area contributed by atoms with Gasteiger partial charge < -0.3 is 18.3 Å². The molecule has 0 spiro atoms. The molecule has 2 fully saturated rings. The highest BCUT2D eigenvalue weighted by Crippen LogP contribution is 2.56. The van der Waals surface area contributed by atoms with Crippen LogP contribution in [0.4, 0.5) is 0 Å². The molecule has 0 amide bonds. The second-order valence-corrected chi connectivity index (χ2v) is 28.7. The van der Waals surface area contributed by atoms with Crippen molar-refractivity contribution in [1.82, 2.24) is 0 Å². The largest absolute Gasteiger partial charge is 0.460 e. The van der Waals surface area contributed by atoms with Crippen LogP contribution in [0, 0.1) is 11.3 Å². The van der Waals surface area contributed by atoms with E-state index in [0.29, 0.717) is 25.4 Å². The van der Waals surface area contributed by atoms with Crippen molar-refractivity contribution in [3.63, 3.8) is 0 Å². The summed E-state index contributed by atoms with van der Waals surface area (Å²) in [6.07, 6.45) is 14.8. The molecule has 0 saturated heterocycles. The summed E-state index contributed by atoms with van der Waals surface area (Å²) in [6.45, 7) is 38.9. The van der Waals surface area contributed by atoms with Crippen LogP contribution < -0.4 is 0 Å². The highest BCUT2D eigenvalue weighted by atomic mass is 28.4. The third kappa shape index (κ3) is 10.2. The predicted molar refractivity (Wildman–Crippen MR) is 207 cm³/mol. The number of allylic oxidation sites excluding steroid dienone is 4. The molecule has 7 heteroatoms. The van der Waals surface area contributed by atoms with Gasteiger partial charge in [0, 0.05) is 19.4 Å². The van der Waals surface area contributed by atoms with Crippen LogP contribution in [-0.2, 0) is 23.1 Å². The Balaban J connectivity index is 1.78. The van der Waals surface area contributed by atoms with E-state index in [1.54, 1.807) is 5.57 Å². The summed E-state index contributed by atoms with van der Waals surface area (Å²) < 4.78 is 25.9. The number of ether oxygens (including phenoxy) is 2. The van der Waals surface area contributed by atoms with Crippen LogP contribution in [0.2, 0.25) is 36.3 Å². The van der Waals surface area contributed by atoms with Crippen molar-refractivity contribution in [3.05, 3.63) is 47.1 Å². The maximum absolute atomic E-state index is 12.2. The van der Waals surface area contributed by atoms with Crippen LogP contribution in [0.15, 0.2) is 47.1 Å². The third-order valence-electron chi connectivity index (χ3n) is 12.1. The van der Waals surface area contributed by atoms with Gasteiger partial charge in [0.2, 0.25) is 0 Å². The summed E-state index contributed by atoms with van der Waals surface area (Å²) in [5.41, 5.74) is 5.05. The van der Waals surface area contributed by atoms with Gasteiger partial charge in [0.15, 0.2) is 16.6 Å². The molecule has 5 atom stereocenters. The van der Waals surface area contributed by atoms with Gasteiger partial charge in [-0.1, -0.05) is 78.8 Å². The van der Waals surface area contributed by atoms with Crippen LogP contribution in [0.5, 0.6) is 0 Å². The Bertz CT molecular complexity index is 1250. The molecule has 3 aliphatic rings. The third-order valence-corrected chi connectivity index (χ3v) is 21.1. The maximum Gasteiger partial charge on any atom is 0.306 e. The molecule has 274 valence electrons. The smallest absolute Gasteiger partial charge is 0.306 e. The zero-order valence-electron chi connectivity index (χ0n) is 33.7. The van der Waals surface area contributed by atoms with E-state index in [4.69, 9.17) is 18.3 Å². The van der Waals surface area contributed by atoms with E-state index in [0.717, 1.165) is 31.3 Å². The Kier molecular flexibility index (Phi) is 13.0. The summed E-state index contributed by atoms with van der Waals surface area (Å²) in [4.78, 5) is 12.2. The number of fused-ring (bicyclic) bond motifs is 1. The molecule has 0 aromatic rings. The first-order valence-corrected chi connectivity index (χ1v) is 24.6. The number of esters is 1. The van der Waals surface area contributed by atoms with Crippen molar-refractivity contribution in [2.24, 2.45) is 11.3 Å². The van der Waals surface area contributed by atoms with E-state index in [2.05, 4.69) is 106 Å². The molecule has 0 aliphatic heterocycles. The standard InChI is InChI=1S/C41H72O5Si2/c1-29-32(27-33(45-47(13,14)39(6,7)8)28-36(29)46-48(15,16)40(9,10)11)22-21-31-19-17-25-41(12)34(23-24-35(31)41)30(2)43-26-18-20-37(42)44-38(3,4)5/h21-23,30,33,35-36H,1,17-20,24-28H2,2-16H3/t30-,33+,35-,36-,41+/m0/s1. The summed E-state index contributed by atoms with van der Waals surface area (Å²) in [7, 11) is -3.96. The van der Waals surface area contributed by atoms with Crippen molar-refractivity contribution in [3.8, 4) is 0 Å². The zero-order chi connectivity index (χ0) is 36.5. The maximum atomic E-state index is 12.2. The van der Waals surface area contributed by atoms with Crippen LogP contribution in [0.25, 0.3) is 0 Å². The van der Waals surface area contributed by atoms with E-state index in [1.165, 1.54) is 24.0 Å². The van der Waals surface area contributed by atoms with E-state index >= 15 is 0 Å². The molecule has 0 radical (unpaired) electrons. The van der Waals surface area contributed by atoms with E-state index in [1.807, 2.05) is 20.8 Å². The number of hydrogen-bond donors (Lipinski definition) is 0. The van der Waals surface area contributed by atoms with Gasteiger partial charge in [0.05, 0.1) is 18.3 Å². The van der Waals surface area contributed by atoms with Crippen LogP contribution in [0.1, 0.15) is 128 Å². The average Bonchev–Trinajstić information content (AvgIpc) is 3.27. The summed E-state index contributed by atoms with van der Waals surface area (Å²) >= 11 is 0. The molecule has 0 heterocycles. The zero-order valence-corrected chi connectivity index (χ0v) is 35.7. The Morgan fingerprint density at radius 2 is 1.60 bits per heavy atom. The highest BCUT2D eigenvalue weighted by molar-refractivity contribution is 6.74. The summed E-state index contributed by atoms with van der Waals surface area (Å²) in [6, 6.07) is 0. The van der Waals surface area contributed by atoms with Gasteiger partial charge in [-0.25, -0.2) is 0 Å². The molecule has 5 nitrogen and oxygen atoms in total. The summed E-state index contributed by atoms with van der Waals surface area (Å²) in [5, 5.41) is 0.285. The second-order valence-electron chi connectivity index (χ2n) is 19.2. The first kappa shape index (κ1) is 41.2. The van der Waals surface area contributed by atoms with Crippen LogP contribution in [0.3, 0.4) is 0 Å². The fourth-order valence-electron chi connectivity index (χ4n) is 7.21. The van der Waals surface area contributed by atoms with Gasteiger partial charge in [0.25, 0.3) is 0 Å². The molecule has 48 heavy (non-hydrogen) atoms. The predicted octanol–water partition coefficient (Wildman–Crippen LogP) is 11.6. The first-order valence-electron chi connectivity index (χ1n) is 18.8. The van der Waals surface area contributed by atoms with E-state index in [9.17, 15) is 4.79 Å². The van der Waals surface area contributed by atoms with Crippen LogP contribution >= 0.6 is 0 Å². The molecule has 3 aliphatic carbocycles. The molecule has 0 N–H and O–H groups in total. The van der Waals surface area contributed by atoms with Gasteiger partial charge in [0.1, 0.15) is 5.60 Å². The minimum atomic E-state index is -2.01. The minimum absolute atomic E-state index is 0.0104. The van der Waals surface area contributed by atoms with Gasteiger partial charge in [-0.2, -0.15) is 0 Å². The highest BCUT2D eigenvalue weighted by Gasteiger charge is 2.47. The Hall–Kier alpha value is -1.26. The van der Waals surface area contributed by atoms with E-state index < -0.39 is 22.2 Å². The Morgan fingerprint density at radius 1 is 1.00 bits per heavy atom. The lowest BCUT2D eigenvalue weighted by Gasteiger charge is -2.45. The first-order chi connectivity index (χ1) is 21.8. The van der Waals surface area contributed by atoms with Crippen molar-refractivity contribution in [2.45, 2.75) is 188 Å². The lowest BCUT2D eigenvalue weighted by atomic mass is 9.63. The molecule has 0 unspecified atom stereocenters. The number of carbonyl (C=O) groups excluding carboxylic acids is 1. The number of carbonyl (C=O) groups is 1. The van der Waals surface area contributed by atoms with Gasteiger partial charge in [-0.15, -0.1) is 0 Å². The number of hydrogen-bond acceptors (Lipinski definition) is 5. The Morgan fingerprint density at radius 3 is 2.19 bits per heavy atom. The lowest BCUT2D eigenvalue weighted by molar-refractivity contribution is -0.155. The average molecular weight is 701 g/mol. The molecule has 3 rings (SSSR count). The van der Waals surface area contributed by atoms with E-state index in [-0.39, 0.29) is 39.8 Å². The van der Waals surface area contributed by atoms with Gasteiger partial charge >= 0.3 is 5.97 Å². The summed E-state index contributed by atoms with van der Waals surface area (Å²) in [5.74, 6) is 0.333. The second kappa shape index (κ2) is 15.2. The monoisotopic (exact) mass is 700 g/mol. The van der Waals surface area contributed by atoms with Crippen molar-refractivity contribution in [1.29, 1.82) is 0 Å². The molecular weight excluding hydrogens is 629 g/mol. The van der Waals surface area contributed by atoms with Gasteiger partial charge in [-0.3, -0.25) is 4.79 Å². The molecule has 0 aromatic heterocycles. The fourth-order valence-corrected chi connectivity index (χ4v) is 9.88. The fraction of sp³-hybridized carbons (Fsp3) is 0.780. The van der Waals surface area contributed by atoms with Crippen molar-refractivity contribution < 1.29 is 23.1 Å². The van der Waals surface area contributed by atoms with Gasteiger partial charge in [-0.05, 0) is 131 Å². The normalized spacial score (nSPS) is 28.4. The molecule has 2 saturated carbocycles. The molecule has 0 aromatic carbocycles.